The summed E-state index contributed by atoms with van der Waals surface area (Å²) in [5.41, 5.74) is 1.61. The summed E-state index contributed by atoms with van der Waals surface area (Å²) >= 11 is 0. The van der Waals surface area contributed by atoms with Crippen molar-refractivity contribution in [2.24, 2.45) is 0 Å². The van der Waals surface area contributed by atoms with Crippen LogP contribution in [-0.2, 0) is 14.0 Å². The van der Waals surface area contributed by atoms with Crippen LogP contribution in [0.25, 0.3) is 0 Å². The molecule has 0 saturated carbocycles. The van der Waals surface area contributed by atoms with E-state index >= 15 is 0 Å². The number of rotatable bonds is 9. The third kappa shape index (κ3) is 6.02. The molecule has 1 aromatic carbocycles. The quantitative estimate of drug-likeness (QED) is 0.459. The van der Waals surface area contributed by atoms with Gasteiger partial charge in [-0.3, -0.25) is 0 Å². The van der Waals surface area contributed by atoms with Crippen LogP contribution in [0.4, 0.5) is 5.69 Å². The maximum atomic E-state index is 13.0. The Morgan fingerprint density at radius 1 is 1.13 bits per heavy atom. The molecule has 2 rings (SSSR count). The number of carbonyl (C=O) groups is 1. The van der Waals surface area contributed by atoms with E-state index in [9.17, 15) is 4.79 Å². The molecule has 0 aliphatic rings. The lowest BCUT2D eigenvalue weighted by Gasteiger charge is -2.40. The van der Waals surface area contributed by atoms with Crippen LogP contribution in [0, 0.1) is 0 Å². The number of esters is 1. The van der Waals surface area contributed by atoms with Crippen molar-refractivity contribution in [1.29, 1.82) is 0 Å². The van der Waals surface area contributed by atoms with Crippen molar-refractivity contribution in [2.45, 2.75) is 58.0 Å². The summed E-state index contributed by atoms with van der Waals surface area (Å²) in [6.45, 7) is 12.7. The summed E-state index contributed by atoms with van der Waals surface area (Å²) in [6.07, 6.45) is 2.41. The van der Waals surface area contributed by atoms with Crippen molar-refractivity contribution >= 4 is 20.0 Å². The first-order valence-corrected chi connectivity index (χ1v) is 13.0. The average molecular weight is 432 g/mol. The summed E-state index contributed by atoms with van der Waals surface area (Å²) < 4.78 is 17.2. The van der Waals surface area contributed by atoms with Gasteiger partial charge in [0.1, 0.15) is 5.75 Å². The highest BCUT2D eigenvalue weighted by Crippen LogP contribution is 2.39. The molecule has 0 bridgehead atoms. The van der Waals surface area contributed by atoms with Crippen LogP contribution in [-0.4, -0.2) is 44.3 Å². The zero-order valence-corrected chi connectivity index (χ0v) is 19.9. The van der Waals surface area contributed by atoms with Gasteiger partial charge in [0.2, 0.25) is 0 Å². The van der Waals surface area contributed by atoms with Gasteiger partial charge < -0.3 is 19.2 Å². The van der Waals surface area contributed by atoms with E-state index in [0.29, 0.717) is 0 Å². The van der Waals surface area contributed by atoms with Gasteiger partial charge in [0, 0.05) is 11.9 Å². The molecule has 0 radical (unpaired) electrons. The van der Waals surface area contributed by atoms with E-state index in [4.69, 9.17) is 13.9 Å². The first-order chi connectivity index (χ1) is 14.1. The molecule has 8 heteroatoms. The van der Waals surface area contributed by atoms with E-state index in [-0.39, 0.29) is 11.6 Å². The normalized spacial score (nSPS) is 14.0. The van der Waals surface area contributed by atoms with Gasteiger partial charge in [0.15, 0.2) is 14.4 Å². The Morgan fingerprint density at radius 3 is 2.30 bits per heavy atom. The molecule has 1 heterocycles. The van der Waals surface area contributed by atoms with Gasteiger partial charge in [-0.2, -0.15) is 10.2 Å². The van der Waals surface area contributed by atoms with Gasteiger partial charge in [-0.25, -0.2) is 4.79 Å². The zero-order chi connectivity index (χ0) is 22.4. The number of hydrogen-bond acceptors (Lipinski definition) is 7. The Bertz CT molecular complexity index is 807. The Morgan fingerprint density at radius 2 is 1.80 bits per heavy atom. The summed E-state index contributed by atoms with van der Waals surface area (Å²) in [6, 6.07) is 8.85. The van der Waals surface area contributed by atoms with Gasteiger partial charge in [-0.05, 0) is 61.0 Å². The molecule has 164 valence electrons. The molecule has 0 amide bonds. The van der Waals surface area contributed by atoms with Crippen LogP contribution in [0.15, 0.2) is 42.7 Å². The Hall–Kier alpha value is -2.45. The zero-order valence-electron chi connectivity index (χ0n) is 18.9. The number of nitrogens with zero attached hydrogens (tertiary/aromatic N) is 2. The van der Waals surface area contributed by atoms with E-state index in [1.54, 1.807) is 26.4 Å². The molecule has 0 fully saturated rings. The number of anilines is 1. The minimum absolute atomic E-state index is 0.0705. The van der Waals surface area contributed by atoms with E-state index < -0.39 is 26.4 Å². The van der Waals surface area contributed by atoms with Gasteiger partial charge in [0.05, 0.1) is 26.0 Å². The summed E-state index contributed by atoms with van der Waals surface area (Å²) in [5, 5.41) is 11.2. The fourth-order valence-electron chi connectivity index (χ4n) is 2.66. The standard InChI is InChI=1S/C22H33N3O4Si/c1-8-28-21(26)20(29-30(6,7)22(2,3)4)19(16-13-14-23-24-15-16)25-17-9-11-18(27-5)12-10-17/h9-15,19-20,25H,8H2,1-7H3/t19-,20-/m1/s1. The molecule has 0 aliphatic carbocycles. The highest BCUT2D eigenvalue weighted by Gasteiger charge is 2.44. The molecular weight excluding hydrogens is 398 g/mol. The molecule has 2 atom stereocenters. The second kappa shape index (κ2) is 10.0. The van der Waals surface area contributed by atoms with Crippen molar-refractivity contribution in [3.8, 4) is 5.75 Å². The molecule has 7 nitrogen and oxygen atoms in total. The van der Waals surface area contributed by atoms with Crippen LogP contribution in [0.2, 0.25) is 18.1 Å². The van der Waals surface area contributed by atoms with Crippen LogP contribution in [0.3, 0.4) is 0 Å². The van der Waals surface area contributed by atoms with E-state index in [1.165, 1.54) is 0 Å². The predicted molar refractivity (Wildman–Crippen MR) is 120 cm³/mol. The molecule has 30 heavy (non-hydrogen) atoms. The van der Waals surface area contributed by atoms with E-state index in [0.717, 1.165) is 17.0 Å². The van der Waals surface area contributed by atoms with E-state index in [2.05, 4.69) is 49.4 Å². The number of nitrogens with one attached hydrogen (secondary N) is 1. The topological polar surface area (TPSA) is 82.6 Å². The van der Waals surface area contributed by atoms with Crippen molar-refractivity contribution in [3.63, 3.8) is 0 Å². The van der Waals surface area contributed by atoms with Crippen LogP contribution in [0.5, 0.6) is 5.75 Å². The molecule has 0 saturated heterocycles. The third-order valence-electron chi connectivity index (χ3n) is 5.43. The minimum Gasteiger partial charge on any atom is -0.497 e. The monoisotopic (exact) mass is 431 g/mol. The number of carbonyl (C=O) groups excluding carboxylic acids is 1. The molecular formula is C22H33N3O4Si. The Kier molecular flexibility index (Phi) is 7.97. The van der Waals surface area contributed by atoms with E-state index in [1.807, 2.05) is 30.3 Å². The number of ether oxygens (including phenoxy) is 2. The predicted octanol–water partition coefficient (Wildman–Crippen LogP) is 4.59. The van der Waals surface area contributed by atoms with Gasteiger partial charge >= 0.3 is 5.97 Å². The second-order valence-electron chi connectivity index (χ2n) is 8.58. The Balaban J connectivity index is 2.46. The number of hydrogen-bond donors (Lipinski definition) is 1. The molecule has 2 aromatic rings. The van der Waals surface area contributed by atoms with Gasteiger partial charge in [-0.15, -0.1) is 0 Å². The number of aromatic nitrogens is 2. The summed E-state index contributed by atoms with van der Waals surface area (Å²) in [5.74, 6) is 0.354. The van der Waals surface area contributed by atoms with Crippen molar-refractivity contribution in [3.05, 3.63) is 48.3 Å². The number of methoxy groups -OCH3 is 1. The van der Waals surface area contributed by atoms with Crippen molar-refractivity contribution in [2.75, 3.05) is 19.0 Å². The third-order valence-corrected chi connectivity index (χ3v) is 9.88. The number of benzene rings is 1. The fraction of sp³-hybridized carbons (Fsp3) is 0.500. The summed E-state index contributed by atoms with van der Waals surface area (Å²) in [7, 11) is -0.662. The lowest BCUT2D eigenvalue weighted by Crippen LogP contribution is -2.49. The lowest BCUT2D eigenvalue weighted by atomic mass is 10.0. The smallest absolute Gasteiger partial charge is 0.336 e. The lowest BCUT2D eigenvalue weighted by molar-refractivity contribution is -0.152. The maximum absolute atomic E-state index is 13.0. The van der Waals surface area contributed by atoms with Crippen molar-refractivity contribution < 1.29 is 18.7 Å². The molecule has 0 aliphatic heterocycles. The van der Waals surface area contributed by atoms with Crippen LogP contribution in [0.1, 0.15) is 39.3 Å². The first-order valence-electron chi connectivity index (χ1n) is 10.1. The highest BCUT2D eigenvalue weighted by atomic mass is 28.4. The maximum Gasteiger partial charge on any atom is 0.336 e. The molecule has 1 aromatic heterocycles. The molecule has 0 unspecified atom stereocenters. The Labute approximate surface area is 180 Å². The molecule has 0 spiro atoms. The molecule has 1 N–H and O–H groups in total. The largest absolute Gasteiger partial charge is 0.497 e. The highest BCUT2D eigenvalue weighted by molar-refractivity contribution is 6.74. The SMILES string of the molecule is CCOC(=O)[C@H](O[Si](C)(C)C(C)(C)C)[C@H](Nc1ccc(OC)cc1)c1ccnnc1. The average Bonchev–Trinajstić information content (AvgIpc) is 2.71. The summed E-state index contributed by atoms with van der Waals surface area (Å²) in [4.78, 5) is 13.0. The van der Waals surface area contributed by atoms with Gasteiger partial charge in [-0.1, -0.05) is 20.8 Å². The second-order valence-corrected chi connectivity index (χ2v) is 13.3. The first kappa shape index (κ1) is 23.8. The van der Waals surface area contributed by atoms with Crippen LogP contribution >= 0.6 is 0 Å². The van der Waals surface area contributed by atoms with Crippen molar-refractivity contribution in [1.82, 2.24) is 10.2 Å². The fourth-order valence-corrected chi connectivity index (χ4v) is 3.88. The van der Waals surface area contributed by atoms with Gasteiger partial charge in [0.25, 0.3) is 0 Å². The van der Waals surface area contributed by atoms with Crippen LogP contribution < -0.4 is 10.1 Å². The minimum atomic E-state index is -2.28.